The van der Waals surface area contributed by atoms with Crippen LogP contribution in [0.3, 0.4) is 0 Å². The maximum absolute atomic E-state index is 13.6. The minimum Gasteiger partial charge on any atom is -0.756 e. The highest BCUT2D eigenvalue weighted by Gasteiger charge is 2.27. The van der Waals surface area contributed by atoms with Gasteiger partial charge in [0, 0.05) is 12.8 Å². The van der Waals surface area contributed by atoms with Crippen LogP contribution in [0, 0.1) is 0 Å². The summed E-state index contributed by atoms with van der Waals surface area (Å²) in [6.07, 6.45) is 72.2. The van der Waals surface area contributed by atoms with Gasteiger partial charge in [-0.25, -0.2) is 0 Å². The van der Waals surface area contributed by atoms with Crippen LogP contribution in [0.1, 0.15) is 323 Å². The number of unbranched alkanes of at least 4 members (excludes halogenated alkanes) is 39. The molecule has 0 saturated carbocycles. The first-order valence-electron chi connectivity index (χ1n) is 33.4. The standard InChI is InChI=1S/C68H129N2O7P/c1-7-10-13-16-19-22-25-28-30-32-34-35-37-38-40-42-45-48-51-54-57-60-67(71)69-65(64-76-78(73,74)75-63-62-70(4,5)6)66(59-56-53-50-47-44-27-24-21-18-15-12-9-3)77-68(72)61-58-55-52-49-46-43-41-39-36-33-31-29-26-23-20-17-14-11-8-2/h19,22,28-31,56,59,65-66H,7-18,20-21,23-27,32-55,57-58,60-64H2,1-6H3,(H-,69,71,73,74)/b22-19-,30-28-,31-29+,59-56+. The molecule has 0 spiro atoms. The molecule has 0 heterocycles. The Morgan fingerprint density at radius 2 is 0.782 bits per heavy atom. The largest absolute Gasteiger partial charge is 0.756 e. The molecule has 0 aromatic rings. The third kappa shape index (κ3) is 58.6. The number of quaternary nitrogens is 1. The van der Waals surface area contributed by atoms with E-state index in [0.29, 0.717) is 17.4 Å². The second-order valence-electron chi connectivity index (χ2n) is 24.0. The number of nitrogens with zero attached hydrogens (tertiary/aromatic N) is 1. The lowest BCUT2D eigenvalue weighted by molar-refractivity contribution is -0.870. The Labute approximate surface area is 484 Å². The van der Waals surface area contributed by atoms with Gasteiger partial charge < -0.3 is 28.5 Å². The number of esters is 1. The van der Waals surface area contributed by atoms with Gasteiger partial charge in [0.1, 0.15) is 19.3 Å². The summed E-state index contributed by atoms with van der Waals surface area (Å²) in [4.78, 5) is 40.1. The monoisotopic (exact) mass is 1120 g/mol. The number of nitrogens with one attached hydrogen (secondary N) is 1. The van der Waals surface area contributed by atoms with Crippen LogP contribution in [0.2, 0.25) is 0 Å². The Kier molecular flexibility index (Phi) is 56.7. The molecule has 0 aromatic heterocycles. The fraction of sp³-hybridized carbons (Fsp3) is 0.853. The van der Waals surface area contributed by atoms with Crippen LogP contribution in [0.5, 0.6) is 0 Å². The van der Waals surface area contributed by atoms with E-state index in [0.717, 1.165) is 64.2 Å². The van der Waals surface area contributed by atoms with Gasteiger partial charge in [0.15, 0.2) is 0 Å². The van der Waals surface area contributed by atoms with Crippen LogP contribution >= 0.6 is 7.82 Å². The van der Waals surface area contributed by atoms with E-state index in [1.165, 1.54) is 225 Å². The number of amides is 1. The zero-order valence-corrected chi connectivity index (χ0v) is 53.3. The maximum atomic E-state index is 13.6. The molecular formula is C68H129N2O7P. The molecule has 3 atom stereocenters. The Bertz CT molecular complexity index is 1470. The highest BCUT2D eigenvalue weighted by atomic mass is 31.2. The molecule has 0 saturated heterocycles. The summed E-state index contributed by atoms with van der Waals surface area (Å²) in [7, 11) is 1.19. The van der Waals surface area contributed by atoms with Gasteiger partial charge in [0.25, 0.3) is 7.82 Å². The van der Waals surface area contributed by atoms with Gasteiger partial charge in [-0.05, 0) is 89.5 Å². The molecule has 9 nitrogen and oxygen atoms in total. The van der Waals surface area contributed by atoms with Crippen molar-refractivity contribution in [2.24, 2.45) is 0 Å². The molecular weight excluding hydrogens is 988 g/mol. The Morgan fingerprint density at radius 3 is 1.19 bits per heavy atom. The van der Waals surface area contributed by atoms with E-state index in [9.17, 15) is 19.0 Å². The normalized spacial score (nSPS) is 13.9. The zero-order chi connectivity index (χ0) is 57.2. The minimum absolute atomic E-state index is 0.0222. The number of carbonyl (C=O) groups is 2. The third-order valence-electron chi connectivity index (χ3n) is 15.0. The summed E-state index contributed by atoms with van der Waals surface area (Å²) in [5, 5.41) is 3.04. The van der Waals surface area contributed by atoms with Crippen LogP contribution < -0.4 is 10.2 Å². The number of hydrogen-bond acceptors (Lipinski definition) is 7. The molecule has 0 bridgehead atoms. The summed E-state index contributed by atoms with van der Waals surface area (Å²) in [5.41, 5.74) is 0. The number of ether oxygens (including phenoxy) is 1. The molecule has 0 aromatic carbocycles. The molecule has 0 aliphatic carbocycles. The first kappa shape index (κ1) is 76.0. The van der Waals surface area contributed by atoms with Crippen molar-refractivity contribution in [2.75, 3.05) is 40.9 Å². The fourth-order valence-corrected chi connectivity index (χ4v) is 10.5. The highest BCUT2D eigenvalue weighted by molar-refractivity contribution is 7.45. The molecule has 1 N–H and O–H groups in total. The van der Waals surface area contributed by atoms with Gasteiger partial charge in [-0.2, -0.15) is 0 Å². The van der Waals surface area contributed by atoms with E-state index in [1.807, 2.05) is 33.3 Å². The molecule has 10 heteroatoms. The first-order chi connectivity index (χ1) is 37.9. The Balaban J connectivity index is 5.15. The number of likely N-dealkylation sites (N-methyl/N-ethyl adjacent to an activating group) is 1. The molecule has 1 amide bonds. The van der Waals surface area contributed by atoms with Gasteiger partial charge in [0.05, 0.1) is 33.8 Å². The zero-order valence-electron chi connectivity index (χ0n) is 52.4. The van der Waals surface area contributed by atoms with E-state index in [1.54, 1.807) is 0 Å². The summed E-state index contributed by atoms with van der Waals surface area (Å²) < 4.78 is 30.4. The van der Waals surface area contributed by atoms with Crippen molar-refractivity contribution in [3.63, 3.8) is 0 Å². The van der Waals surface area contributed by atoms with Gasteiger partial charge >= 0.3 is 5.97 Å². The Morgan fingerprint density at radius 1 is 0.449 bits per heavy atom. The SMILES string of the molecule is CCCCC/C=C\C/C=C\CCCCCCCCCCCCCC(=O)NC(COP(=O)([O-])OCC[N+](C)(C)C)C(/C=C/CCCCCCCCCCCC)OC(=O)CCCCCCCCCCC/C=C/CCCCCCCC. The summed E-state index contributed by atoms with van der Waals surface area (Å²) in [5.74, 6) is -0.534. The van der Waals surface area contributed by atoms with Gasteiger partial charge in [-0.1, -0.05) is 269 Å². The lowest BCUT2D eigenvalue weighted by Gasteiger charge is -2.30. The predicted octanol–water partition coefficient (Wildman–Crippen LogP) is 20.2. The number of phosphoric acid groups is 1. The van der Waals surface area contributed by atoms with Crippen LogP contribution in [-0.4, -0.2) is 69.4 Å². The molecule has 0 fully saturated rings. The first-order valence-corrected chi connectivity index (χ1v) is 34.9. The smallest absolute Gasteiger partial charge is 0.306 e. The molecule has 0 radical (unpaired) electrons. The van der Waals surface area contributed by atoms with E-state index in [2.05, 4.69) is 62.5 Å². The van der Waals surface area contributed by atoms with Crippen LogP contribution in [-0.2, 0) is 27.9 Å². The summed E-state index contributed by atoms with van der Waals surface area (Å²) >= 11 is 0. The van der Waals surface area contributed by atoms with Crippen molar-refractivity contribution in [2.45, 2.75) is 335 Å². The second kappa shape index (κ2) is 58.2. The molecule has 458 valence electrons. The molecule has 78 heavy (non-hydrogen) atoms. The number of carbonyl (C=O) groups excluding carboxylic acids is 2. The quantitative estimate of drug-likeness (QED) is 0.0212. The highest BCUT2D eigenvalue weighted by Crippen LogP contribution is 2.38. The topological polar surface area (TPSA) is 114 Å². The molecule has 0 aliphatic rings. The fourth-order valence-electron chi connectivity index (χ4n) is 9.78. The van der Waals surface area contributed by atoms with Crippen LogP contribution in [0.4, 0.5) is 0 Å². The average Bonchev–Trinajstić information content (AvgIpc) is 3.40. The lowest BCUT2D eigenvalue weighted by atomic mass is 10.0. The van der Waals surface area contributed by atoms with Gasteiger partial charge in [-0.3, -0.25) is 14.2 Å². The lowest BCUT2D eigenvalue weighted by Crippen LogP contribution is -2.47. The number of hydrogen-bond donors (Lipinski definition) is 1. The molecule has 0 aliphatic heterocycles. The van der Waals surface area contributed by atoms with E-state index in [-0.39, 0.29) is 31.5 Å². The number of rotatable bonds is 61. The van der Waals surface area contributed by atoms with Crippen molar-refractivity contribution in [3.8, 4) is 0 Å². The van der Waals surface area contributed by atoms with Crippen molar-refractivity contribution in [1.29, 1.82) is 0 Å². The van der Waals surface area contributed by atoms with E-state index >= 15 is 0 Å². The summed E-state index contributed by atoms with van der Waals surface area (Å²) in [6.45, 7) is 6.85. The average molecular weight is 1120 g/mol. The van der Waals surface area contributed by atoms with Crippen LogP contribution in [0.15, 0.2) is 48.6 Å². The van der Waals surface area contributed by atoms with Gasteiger partial charge in [0.2, 0.25) is 5.91 Å². The van der Waals surface area contributed by atoms with Gasteiger partial charge in [-0.15, -0.1) is 0 Å². The van der Waals surface area contributed by atoms with Crippen molar-refractivity contribution in [3.05, 3.63) is 48.6 Å². The Hall–Kier alpha value is -2.03. The number of allylic oxidation sites excluding steroid dienone is 7. The second-order valence-corrected chi connectivity index (χ2v) is 25.4. The van der Waals surface area contributed by atoms with E-state index < -0.39 is 20.0 Å². The third-order valence-corrected chi connectivity index (χ3v) is 15.9. The molecule has 3 unspecified atom stereocenters. The van der Waals surface area contributed by atoms with Crippen molar-refractivity contribution >= 4 is 19.7 Å². The summed E-state index contributed by atoms with van der Waals surface area (Å²) in [6, 6.07) is -0.889. The molecule has 0 rings (SSSR count). The van der Waals surface area contributed by atoms with Crippen LogP contribution in [0.25, 0.3) is 0 Å². The van der Waals surface area contributed by atoms with Crippen molar-refractivity contribution < 1.29 is 37.3 Å². The van der Waals surface area contributed by atoms with E-state index in [4.69, 9.17) is 13.8 Å². The van der Waals surface area contributed by atoms with Crippen molar-refractivity contribution in [1.82, 2.24) is 5.32 Å². The minimum atomic E-state index is -4.70. The maximum Gasteiger partial charge on any atom is 0.306 e. The predicted molar refractivity (Wildman–Crippen MR) is 335 cm³/mol. The number of phosphoric ester groups is 1.